The Kier molecular flexibility index (Phi) is 3.83. The molecule has 1 aromatic carbocycles. The summed E-state index contributed by atoms with van der Waals surface area (Å²) in [7, 11) is 0. The van der Waals surface area contributed by atoms with Gasteiger partial charge in [-0.05, 0) is 48.2 Å². The van der Waals surface area contributed by atoms with Crippen LogP contribution in [0.1, 0.15) is 21.6 Å². The van der Waals surface area contributed by atoms with Crippen LogP contribution in [-0.2, 0) is 12.8 Å². The average molecular weight is 325 g/mol. The van der Waals surface area contributed by atoms with Gasteiger partial charge in [0.2, 0.25) is 0 Å². The van der Waals surface area contributed by atoms with E-state index in [0.717, 1.165) is 11.1 Å². The molecule has 1 unspecified atom stereocenters. The molecular formula is C15H11Cl2FN2O. The van der Waals surface area contributed by atoms with Gasteiger partial charge in [-0.1, -0.05) is 29.3 Å². The van der Waals surface area contributed by atoms with Crippen molar-refractivity contribution in [1.29, 1.82) is 0 Å². The van der Waals surface area contributed by atoms with Crippen molar-refractivity contribution in [3.63, 3.8) is 0 Å². The Bertz CT molecular complexity index is 701. The van der Waals surface area contributed by atoms with Crippen LogP contribution in [0.15, 0.2) is 30.3 Å². The van der Waals surface area contributed by atoms with Crippen molar-refractivity contribution in [1.82, 2.24) is 10.3 Å². The maximum atomic E-state index is 13.2. The van der Waals surface area contributed by atoms with Crippen molar-refractivity contribution >= 4 is 29.1 Å². The molecule has 1 atom stereocenters. The molecule has 6 heteroatoms. The number of nitrogens with zero attached hydrogens (tertiary/aromatic N) is 1. The summed E-state index contributed by atoms with van der Waals surface area (Å²) in [5, 5.41) is 3.40. The second-order valence-electron chi connectivity index (χ2n) is 4.98. The molecular weight excluding hydrogens is 314 g/mol. The zero-order valence-electron chi connectivity index (χ0n) is 10.9. The van der Waals surface area contributed by atoms with E-state index in [9.17, 15) is 9.18 Å². The molecule has 1 aliphatic rings. The van der Waals surface area contributed by atoms with Crippen molar-refractivity contribution in [3.8, 4) is 0 Å². The van der Waals surface area contributed by atoms with Gasteiger partial charge in [0.1, 0.15) is 16.7 Å². The van der Waals surface area contributed by atoms with E-state index in [2.05, 4.69) is 10.3 Å². The van der Waals surface area contributed by atoms with E-state index < -0.39 is 0 Å². The summed E-state index contributed by atoms with van der Waals surface area (Å²) in [5.41, 5.74) is 2.16. The summed E-state index contributed by atoms with van der Waals surface area (Å²) in [5.74, 6) is -0.596. The number of pyridine rings is 1. The van der Waals surface area contributed by atoms with Crippen molar-refractivity contribution in [2.45, 2.75) is 18.9 Å². The fourth-order valence-electron chi connectivity index (χ4n) is 2.53. The third-order valence-electron chi connectivity index (χ3n) is 3.43. The van der Waals surface area contributed by atoms with E-state index >= 15 is 0 Å². The molecule has 1 aliphatic carbocycles. The highest BCUT2D eigenvalue weighted by molar-refractivity contribution is 6.34. The first-order valence-corrected chi connectivity index (χ1v) is 7.18. The monoisotopic (exact) mass is 324 g/mol. The Morgan fingerprint density at radius 1 is 1.19 bits per heavy atom. The number of hydrogen-bond donors (Lipinski definition) is 1. The summed E-state index contributed by atoms with van der Waals surface area (Å²) >= 11 is 11.6. The highest BCUT2D eigenvalue weighted by Gasteiger charge is 2.24. The number of amides is 1. The number of fused-ring (bicyclic) bond motifs is 1. The number of nitrogens with one attached hydrogen (secondary N) is 1. The van der Waals surface area contributed by atoms with Gasteiger partial charge in [-0.25, -0.2) is 9.37 Å². The zero-order valence-corrected chi connectivity index (χ0v) is 12.4. The maximum Gasteiger partial charge on any atom is 0.270 e. The quantitative estimate of drug-likeness (QED) is 0.860. The van der Waals surface area contributed by atoms with Gasteiger partial charge in [0.15, 0.2) is 0 Å². The summed E-state index contributed by atoms with van der Waals surface area (Å²) < 4.78 is 13.2. The Morgan fingerprint density at radius 2 is 1.95 bits per heavy atom. The number of carbonyl (C=O) groups excluding carboxylic acids is 1. The van der Waals surface area contributed by atoms with Crippen LogP contribution < -0.4 is 5.32 Å². The van der Waals surface area contributed by atoms with Gasteiger partial charge in [0, 0.05) is 11.1 Å². The molecule has 0 radical (unpaired) electrons. The molecule has 1 amide bonds. The lowest BCUT2D eigenvalue weighted by atomic mass is 10.1. The number of hydrogen-bond acceptors (Lipinski definition) is 2. The minimum atomic E-state index is -0.335. The number of rotatable bonds is 2. The van der Waals surface area contributed by atoms with Crippen molar-refractivity contribution in [2.75, 3.05) is 0 Å². The van der Waals surface area contributed by atoms with Crippen LogP contribution in [0.5, 0.6) is 0 Å². The molecule has 21 heavy (non-hydrogen) atoms. The van der Waals surface area contributed by atoms with Gasteiger partial charge in [-0.3, -0.25) is 4.79 Å². The largest absolute Gasteiger partial charge is 0.347 e. The topological polar surface area (TPSA) is 42.0 Å². The van der Waals surface area contributed by atoms with Crippen LogP contribution in [0.2, 0.25) is 10.2 Å². The molecule has 108 valence electrons. The van der Waals surface area contributed by atoms with E-state index in [1.54, 1.807) is 6.07 Å². The zero-order chi connectivity index (χ0) is 15.0. The Hall–Kier alpha value is -1.65. The minimum absolute atomic E-state index is 0.0751. The second-order valence-corrected chi connectivity index (χ2v) is 5.81. The molecule has 1 aromatic heterocycles. The van der Waals surface area contributed by atoms with Gasteiger partial charge in [0.05, 0.1) is 0 Å². The summed E-state index contributed by atoms with van der Waals surface area (Å²) in [6, 6.07) is 7.55. The summed E-state index contributed by atoms with van der Waals surface area (Å²) in [6.07, 6.45) is 1.28. The minimum Gasteiger partial charge on any atom is -0.347 e. The van der Waals surface area contributed by atoms with E-state index in [0.29, 0.717) is 17.9 Å². The van der Waals surface area contributed by atoms with Crippen LogP contribution in [0.3, 0.4) is 0 Å². The number of aromatic nitrogens is 1. The van der Waals surface area contributed by atoms with Gasteiger partial charge >= 0.3 is 0 Å². The third-order valence-corrected chi connectivity index (χ3v) is 3.84. The van der Waals surface area contributed by atoms with Crippen LogP contribution >= 0.6 is 23.2 Å². The fraction of sp³-hybridized carbons (Fsp3) is 0.200. The Morgan fingerprint density at radius 3 is 2.71 bits per heavy atom. The van der Waals surface area contributed by atoms with E-state index in [1.807, 2.05) is 0 Å². The SMILES string of the molecule is O=C(NC1Cc2ccc(F)cc2C1)c1cc(Cl)cc(Cl)n1. The molecule has 0 saturated heterocycles. The lowest BCUT2D eigenvalue weighted by Crippen LogP contribution is -2.35. The van der Waals surface area contributed by atoms with Crippen molar-refractivity contribution < 1.29 is 9.18 Å². The van der Waals surface area contributed by atoms with E-state index in [-0.39, 0.29) is 28.6 Å². The fourth-order valence-corrected chi connectivity index (χ4v) is 3.00. The molecule has 0 fully saturated rings. The number of benzene rings is 1. The van der Waals surface area contributed by atoms with Crippen LogP contribution in [-0.4, -0.2) is 16.9 Å². The van der Waals surface area contributed by atoms with Crippen molar-refractivity contribution in [2.24, 2.45) is 0 Å². The summed E-state index contributed by atoms with van der Waals surface area (Å²) in [4.78, 5) is 16.1. The van der Waals surface area contributed by atoms with Gasteiger partial charge in [-0.15, -0.1) is 0 Å². The lowest BCUT2D eigenvalue weighted by Gasteiger charge is -2.11. The maximum absolute atomic E-state index is 13.2. The highest BCUT2D eigenvalue weighted by atomic mass is 35.5. The highest BCUT2D eigenvalue weighted by Crippen LogP contribution is 2.23. The molecule has 3 nitrogen and oxygen atoms in total. The molecule has 1 N–H and O–H groups in total. The molecule has 0 spiro atoms. The molecule has 3 rings (SSSR count). The van der Waals surface area contributed by atoms with Gasteiger partial charge in [0.25, 0.3) is 5.91 Å². The predicted octanol–water partition coefficient (Wildman–Crippen LogP) is 3.42. The van der Waals surface area contributed by atoms with E-state index in [1.165, 1.54) is 24.3 Å². The molecule has 0 aliphatic heterocycles. The van der Waals surface area contributed by atoms with Gasteiger partial charge < -0.3 is 5.32 Å². The normalized spacial score (nSPS) is 16.6. The first-order chi connectivity index (χ1) is 10.0. The Balaban J connectivity index is 1.72. The predicted molar refractivity (Wildman–Crippen MR) is 79.3 cm³/mol. The smallest absolute Gasteiger partial charge is 0.270 e. The third kappa shape index (κ3) is 3.17. The van der Waals surface area contributed by atoms with Crippen LogP contribution in [0.4, 0.5) is 4.39 Å². The number of carbonyl (C=O) groups is 1. The number of halogens is 3. The summed E-state index contributed by atoms with van der Waals surface area (Å²) in [6.45, 7) is 0. The molecule has 2 aromatic rings. The lowest BCUT2D eigenvalue weighted by molar-refractivity contribution is 0.0933. The van der Waals surface area contributed by atoms with Crippen LogP contribution in [0.25, 0.3) is 0 Å². The van der Waals surface area contributed by atoms with Gasteiger partial charge in [-0.2, -0.15) is 0 Å². The average Bonchev–Trinajstić information content (AvgIpc) is 2.78. The second kappa shape index (κ2) is 5.62. The van der Waals surface area contributed by atoms with E-state index in [4.69, 9.17) is 23.2 Å². The molecule has 0 bridgehead atoms. The van der Waals surface area contributed by atoms with Crippen molar-refractivity contribution in [3.05, 3.63) is 63.1 Å². The molecule has 0 saturated carbocycles. The first kappa shape index (κ1) is 14.3. The Labute approximate surface area is 131 Å². The van der Waals surface area contributed by atoms with Crippen LogP contribution in [0, 0.1) is 5.82 Å². The standard InChI is InChI=1S/C15H11Cl2FN2O/c16-10-6-13(20-14(17)7-10)15(21)19-12-4-8-1-2-11(18)3-9(8)5-12/h1-3,6-7,12H,4-5H2,(H,19,21). The molecule has 1 heterocycles. The first-order valence-electron chi connectivity index (χ1n) is 6.42.